The van der Waals surface area contributed by atoms with E-state index in [2.05, 4.69) is 5.32 Å². The van der Waals surface area contributed by atoms with E-state index >= 15 is 0 Å². The molecule has 218 valence electrons. The number of aryl methyl sites for hydroxylation is 1. The van der Waals surface area contributed by atoms with Crippen LogP contribution >= 0.6 is 0 Å². The highest BCUT2D eigenvalue weighted by Gasteiger charge is 2.59. The lowest BCUT2D eigenvalue weighted by Crippen LogP contribution is -2.60. The number of halogens is 6. The molecule has 2 aromatic rings. The largest absolute Gasteiger partial charge is 0.494 e. The number of rotatable bonds is 9. The van der Waals surface area contributed by atoms with Crippen LogP contribution in [-0.4, -0.2) is 51.2 Å². The second kappa shape index (κ2) is 11.5. The molecular weight excluding hydrogens is 566 g/mol. The molecule has 1 heterocycles. The number of benzene rings is 2. The third-order valence-electron chi connectivity index (χ3n) is 6.06. The highest BCUT2D eigenvalue weighted by molar-refractivity contribution is 7.91. The minimum atomic E-state index is -5.05. The van der Waals surface area contributed by atoms with Crippen LogP contribution in [0.25, 0.3) is 5.57 Å². The minimum absolute atomic E-state index is 0.0356. The molecule has 0 saturated heterocycles. The summed E-state index contributed by atoms with van der Waals surface area (Å²) < 4.78 is 109. The number of amides is 2. The van der Waals surface area contributed by atoms with Crippen molar-refractivity contribution in [1.29, 1.82) is 0 Å². The summed E-state index contributed by atoms with van der Waals surface area (Å²) in [6, 6.07) is 10.6. The summed E-state index contributed by atoms with van der Waals surface area (Å²) in [5.41, 5.74) is -3.04. The second-order valence-corrected chi connectivity index (χ2v) is 11.6. The maximum atomic E-state index is 14.7. The molecule has 2 amide bonds. The summed E-state index contributed by atoms with van der Waals surface area (Å²) in [5, 5.41) is 4.11. The number of ether oxygens (including phenoxy) is 1. The summed E-state index contributed by atoms with van der Waals surface area (Å²) in [7, 11) is -3.80. The van der Waals surface area contributed by atoms with Gasteiger partial charge in [-0.3, -0.25) is 9.59 Å². The van der Waals surface area contributed by atoms with Crippen molar-refractivity contribution < 1.29 is 49.1 Å². The summed E-state index contributed by atoms with van der Waals surface area (Å²) >= 11 is 0. The first-order chi connectivity index (χ1) is 18.4. The first-order valence-corrected chi connectivity index (χ1v) is 13.9. The van der Waals surface area contributed by atoms with Gasteiger partial charge >= 0.3 is 12.4 Å². The Kier molecular flexibility index (Phi) is 8.92. The summed E-state index contributed by atoms with van der Waals surface area (Å²) in [4.78, 5) is 25.5. The number of sulfone groups is 1. The van der Waals surface area contributed by atoms with Gasteiger partial charge < -0.3 is 15.4 Å². The number of alkyl halides is 6. The predicted octanol–water partition coefficient (Wildman–Crippen LogP) is 4.57. The monoisotopic (exact) mass is 592 g/mol. The van der Waals surface area contributed by atoms with Crippen LogP contribution in [-0.2, 0) is 25.0 Å². The fraction of sp³-hybridized carbons (Fsp3) is 0.385. The standard InChI is InChI=1S/C26H26F6N2O5S/c1-16-4-6-17(7-5-16)20-14-24(26(30,31)32,34-23(36)22(20)33-21(35)15-40(2,37)38)18-8-10-19(11-9-18)39-13-3-12-25(27,28)29/h4-11H,3,12-15H2,1-2H3,(H,33,35)(H,34,36)/t24-/m0/s1. The zero-order valence-corrected chi connectivity index (χ0v) is 22.2. The van der Waals surface area contributed by atoms with E-state index < -0.39 is 63.8 Å². The van der Waals surface area contributed by atoms with Gasteiger partial charge in [-0.2, -0.15) is 26.3 Å². The van der Waals surface area contributed by atoms with Crippen LogP contribution in [0.4, 0.5) is 26.3 Å². The van der Waals surface area contributed by atoms with Gasteiger partial charge in [0.15, 0.2) is 15.4 Å². The Morgan fingerprint density at radius 1 is 1.02 bits per heavy atom. The van der Waals surface area contributed by atoms with Crippen LogP contribution in [0.2, 0.25) is 0 Å². The number of hydrogen-bond donors (Lipinski definition) is 2. The van der Waals surface area contributed by atoms with E-state index in [0.29, 0.717) is 0 Å². The van der Waals surface area contributed by atoms with Gasteiger partial charge in [0.2, 0.25) is 5.91 Å². The van der Waals surface area contributed by atoms with Crippen molar-refractivity contribution in [2.24, 2.45) is 0 Å². The van der Waals surface area contributed by atoms with E-state index in [0.717, 1.165) is 36.1 Å². The summed E-state index contributed by atoms with van der Waals surface area (Å²) in [6.07, 6.45) is -10.9. The van der Waals surface area contributed by atoms with Gasteiger partial charge in [0.1, 0.15) is 17.2 Å². The topological polar surface area (TPSA) is 102 Å². The Morgan fingerprint density at radius 3 is 2.15 bits per heavy atom. The van der Waals surface area contributed by atoms with E-state index in [1.54, 1.807) is 19.1 Å². The van der Waals surface area contributed by atoms with E-state index in [9.17, 15) is 44.3 Å². The van der Waals surface area contributed by atoms with Gasteiger partial charge in [0.05, 0.1) is 6.61 Å². The molecule has 0 radical (unpaired) electrons. The van der Waals surface area contributed by atoms with Crippen molar-refractivity contribution in [1.82, 2.24) is 10.6 Å². The van der Waals surface area contributed by atoms with E-state index in [-0.39, 0.29) is 35.5 Å². The number of carbonyl (C=O) groups excluding carboxylic acids is 2. The van der Waals surface area contributed by atoms with Gasteiger partial charge in [0.25, 0.3) is 5.91 Å². The lowest BCUT2D eigenvalue weighted by molar-refractivity contribution is -0.201. The van der Waals surface area contributed by atoms with Crippen LogP contribution in [0.3, 0.4) is 0 Å². The fourth-order valence-electron chi connectivity index (χ4n) is 4.15. The molecule has 40 heavy (non-hydrogen) atoms. The molecular formula is C26H26F6N2O5S. The predicted molar refractivity (Wildman–Crippen MR) is 134 cm³/mol. The van der Waals surface area contributed by atoms with Crippen molar-refractivity contribution in [3.05, 3.63) is 70.9 Å². The highest BCUT2D eigenvalue weighted by Crippen LogP contribution is 2.48. The van der Waals surface area contributed by atoms with Crippen molar-refractivity contribution in [2.45, 2.75) is 44.1 Å². The molecule has 0 saturated carbocycles. The molecule has 1 aliphatic heterocycles. The van der Waals surface area contributed by atoms with Gasteiger partial charge in [-0.25, -0.2) is 8.42 Å². The molecule has 0 aliphatic carbocycles. The zero-order valence-electron chi connectivity index (χ0n) is 21.4. The van der Waals surface area contributed by atoms with E-state index in [4.69, 9.17) is 4.74 Å². The van der Waals surface area contributed by atoms with Gasteiger partial charge in [0, 0.05) is 19.1 Å². The quantitative estimate of drug-likeness (QED) is 0.328. The Morgan fingerprint density at radius 2 is 1.62 bits per heavy atom. The summed E-state index contributed by atoms with van der Waals surface area (Å²) in [5.74, 6) is -3.33. The molecule has 7 nitrogen and oxygen atoms in total. The molecule has 2 aromatic carbocycles. The molecule has 0 aromatic heterocycles. The third kappa shape index (κ3) is 7.77. The van der Waals surface area contributed by atoms with Crippen LogP contribution in [0.15, 0.2) is 54.2 Å². The van der Waals surface area contributed by atoms with Crippen molar-refractivity contribution in [2.75, 3.05) is 18.6 Å². The average molecular weight is 593 g/mol. The average Bonchev–Trinajstić information content (AvgIpc) is 2.81. The van der Waals surface area contributed by atoms with E-state index in [1.807, 2.05) is 5.32 Å². The molecule has 0 spiro atoms. The SMILES string of the molecule is Cc1ccc(C2=C(NC(=O)CS(C)(=O)=O)C(=O)N[C@@](c3ccc(OCCCC(F)(F)F)cc3)(C(F)(F)F)C2)cc1. The van der Waals surface area contributed by atoms with Crippen LogP contribution in [0.5, 0.6) is 5.75 Å². The van der Waals surface area contributed by atoms with Crippen LogP contribution in [0.1, 0.15) is 36.0 Å². The van der Waals surface area contributed by atoms with Crippen LogP contribution in [0, 0.1) is 6.92 Å². The first-order valence-electron chi connectivity index (χ1n) is 11.9. The maximum Gasteiger partial charge on any atom is 0.416 e. The number of carbonyl (C=O) groups is 2. The Labute approximate surface area is 226 Å². The third-order valence-corrected chi connectivity index (χ3v) is 6.85. The fourth-order valence-corrected chi connectivity index (χ4v) is 4.69. The molecule has 14 heteroatoms. The molecule has 2 N–H and O–H groups in total. The lowest BCUT2D eigenvalue weighted by Gasteiger charge is -2.41. The molecule has 0 bridgehead atoms. The van der Waals surface area contributed by atoms with Gasteiger partial charge in [-0.15, -0.1) is 0 Å². The lowest BCUT2D eigenvalue weighted by atomic mass is 9.77. The molecule has 0 unspecified atom stereocenters. The van der Waals surface area contributed by atoms with E-state index in [1.165, 1.54) is 12.1 Å². The molecule has 0 fully saturated rings. The maximum absolute atomic E-state index is 14.7. The van der Waals surface area contributed by atoms with Crippen molar-refractivity contribution >= 4 is 27.2 Å². The normalized spacial score (nSPS) is 18.4. The summed E-state index contributed by atoms with van der Waals surface area (Å²) in [6.45, 7) is 1.43. The number of nitrogens with one attached hydrogen (secondary N) is 2. The smallest absolute Gasteiger partial charge is 0.416 e. The Balaban J connectivity index is 2.01. The van der Waals surface area contributed by atoms with Gasteiger partial charge in [-0.05, 0) is 42.2 Å². The van der Waals surface area contributed by atoms with Crippen molar-refractivity contribution in [3.8, 4) is 5.75 Å². The molecule has 1 atom stereocenters. The zero-order chi connectivity index (χ0) is 29.9. The highest BCUT2D eigenvalue weighted by atomic mass is 32.2. The van der Waals surface area contributed by atoms with Gasteiger partial charge in [-0.1, -0.05) is 42.0 Å². The van der Waals surface area contributed by atoms with Crippen LogP contribution < -0.4 is 15.4 Å². The van der Waals surface area contributed by atoms with Crippen molar-refractivity contribution in [3.63, 3.8) is 0 Å². The Bertz CT molecular complexity index is 1380. The Hall–Kier alpha value is -3.55. The molecule has 1 aliphatic rings. The second-order valence-electron chi connectivity index (χ2n) is 9.46. The number of hydrogen-bond acceptors (Lipinski definition) is 5. The molecule has 3 rings (SSSR count). The minimum Gasteiger partial charge on any atom is -0.494 e. The first kappa shape index (κ1) is 31.0.